The number of hydrogen-bond donors (Lipinski definition) is 0. The zero-order chi connectivity index (χ0) is 12.4. The molecular weight excluding hydrogens is 220 g/mol. The van der Waals surface area contributed by atoms with Gasteiger partial charge in [-0.15, -0.1) is 0 Å². The third-order valence-electron chi connectivity index (χ3n) is 3.89. The summed E-state index contributed by atoms with van der Waals surface area (Å²) in [5.41, 5.74) is 4.26. The Morgan fingerprint density at radius 1 is 1.11 bits per heavy atom. The van der Waals surface area contributed by atoms with E-state index in [9.17, 15) is 0 Å². The van der Waals surface area contributed by atoms with Crippen LogP contribution in [0.2, 0.25) is 0 Å². The van der Waals surface area contributed by atoms with E-state index in [0.29, 0.717) is 0 Å². The van der Waals surface area contributed by atoms with E-state index in [1.165, 1.54) is 48.5 Å². The second-order valence-corrected chi connectivity index (χ2v) is 5.15. The molecule has 0 spiro atoms. The third kappa shape index (κ3) is 2.20. The maximum Gasteiger partial charge on any atom is 0.106 e. The Balaban J connectivity index is 1.78. The van der Waals surface area contributed by atoms with E-state index in [1.807, 2.05) is 0 Å². The van der Waals surface area contributed by atoms with Crippen LogP contribution in [0.4, 0.5) is 0 Å². The number of imidazole rings is 1. The van der Waals surface area contributed by atoms with Gasteiger partial charge >= 0.3 is 0 Å². The maximum absolute atomic E-state index is 4.73. The van der Waals surface area contributed by atoms with Crippen molar-refractivity contribution in [1.82, 2.24) is 9.55 Å². The summed E-state index contributed by atoms with van der Waals surface area (Å²) in [6.07, 6.45) is 6.12. The summed E-state index contributed by atoms with van der Waals surface area (Å²) >= 11 is 0. The van der Waals surface area contributed by atoms with Crippen LogP contribution in [-0.4, -0.2) is 9.55 Å². The Kier molecular flexibility index (Phi) is 3.18. The summed E-state index contributed by atoms with van der Waals surface area (Å²) in [4.78, 5) is 4.73. The second-order valence-electron chi connectivity index (χ2n) is 5.15. The van der Waals surface area contributed by atoms with Crippen molar-refractivity contribution in [1.29, 1.82) is 0 Å². The molecule has 0 aliphatic heterocycles. The van der Waals surface area contributed by atoms with Gasteiger partial charge in [-0.1, -0.05) is 30.3 Å². The summed E-state index contributed by atoms with van der Waals surface area (Å²) in [5.74, 6) is 1.19. The molecule has 0 saturated heterocycles. The zero-order valence-electron chi connectivity index (χ0n) is 11.0. The van der Waals surface area contributed by atoms with Crippen LogP contribution in [0.25, 0.3) is 0 Å². The van der Waals surface area contributed by atoms with Crippen molar-refractivity contribution >= 4 is 0 Å². The maximum atomic E-state index is 4.73. The molecule has 0 atom stereocenters. The van der Waals surface area contributed by atoms with Gasteiger partial charge in [0.25, 0.3) is 0 Å². The highest BCUT2D eigenvalue weighted by Crippen LogP contribution is 2.22. The van der Waals surface area contributed by atoms with E-state index in [2.05, 4.69) is 41.8 Å². The minimum atomic E-state index is 1.07. The van der Waals surface area contributed by atoms with Crippen LogP contribution >= 0.6 is 0 Å². The molecule has 0 radical (unpaired) electrons. The van der Waals surface area contributed by atoms with Crippen molar-refractivity contribution in [3.05, 3.63) is 53.1 Å². The number of benzene rings is 1. The molecule has 1 aromatic heterocycles. The van der Waals surface area contributed by atoms with Crippen molar-refractivity contribution in [2.45, 2.75) is 45.6 Å². The first-order valence-electron chi connectivity index (χ1n) is 6.93. The largest absolute Gasteiger partial charge is 0.332 e. The fraction of sp³-hybridized carbons (Fsp3) is 0.438. The Morgan fingerprint density at radius 3 is 2.72 bits per heavy atom. The van der Waals surface area contributed by atoms with Crippen LogP contribution in [0.15, 0.2) is 30.3 Å². The summed E-state index contributed by atoms with van der Waals surface area (Å²) < 4.78 is 2.43. The molecule has 0 bridgehead atoms. The van der Waals surface area contributed by atoms with Gasteiger partial charge in [0.15, 0.2) is 0 Å². The van der Waals surface area contributed by atoms with Crippen LogP contribution in [-0.2, 0) is 25.8 Å². The zero-order valence-corrected chi connectivity index (χ0v) is 11.0. The van der Waals surface area contributed by atoms with Gasteiger partial charge in [0.2, 0.25) is 0 Å². The predicted molar refractivity (Wildman–Crippen MR) is 73.8 cm³/mol. The smallest absolute Gasteiger partial charge is 0.106 e. The summed E-state index contributed by atoms with van der Waals surface area (Å²) in [7, 11) is 0. The standard InChI is InChI=1S/C16H20N2/c1-13-17-15-9-5-6-10-16(15)18(13)12-11-14-7-3-2-4-8-14/h2-4,7-8H,5-6,9-12H2,1H3. The molecule has 1 aliphatic rings. The van der Waals surface area contributed by atoms with Crippen LogP contribution in [0.1, 0.15) is 35.6 Å². The highest BCUT2D eigenvalue weighted by Gasteiger charge is 2.17. The molecule has 0 amide bonds. The van der Waals surface area contributed by atoms with Crippen molar-refractivity contribution in [2.75, 3.05) is 0 Å². The molecule has 18 heavy (non-hydrogen) atoms. The van der Waals surface area contributed by atoms with E-state index in [-0.39, 0.29) is 0 Å². The molecular formula is C16H20N2. The lowest BCUT2D eigenvalue weighted by Crippen LogP contribution is -2.11. The molecule has 3 rings (SSSR count). The minimum Gasteiger partial charge on any atom is -0.332 e. The molecule has 0 fully saturated rings. The molecule has 2 heteroatoms. The molecule has 1 heterocycles. The number of aryl methyl sites for hydroxylation is 3. The third-order valence-corrected chi connectivity index (χ3v) is 3.89. The fourth-order valence-corrected chi connectivity index (χ4v) is 2.92. The van der Waals surface area contributed by atoms with Gasteiger partial charge in [0.1, 0.15) is 5.82 Å². The molecule has 0 N–H and O–H groups in total. The minimum absolute atomic E-state index is 1.07. The Labute approximate surface area is 109 Å². The lowest BCUT2D eigenvalue weighted by molar-refractivity contribution is 0.595. The first-order valence-corrected chi connectivity index (χ1v) is 6.93. The van der Waals surface area contributed by atoms with Crippen molar-refractivity contribution in [3.63, 3.8) is 0 Å². The lowest BCUT2D eigenvalue weighted by Gasteiger charge is -2.14. The molecule has 0 saturated carbocycles. The number of nitrogens with zero attached hydrogens (tertiary/aromatic N) is 2. The molecule has 2 aromatic rings. The van der Waals surface area contributed by atoms with Crippen LogP contribution in [0.5, 0.6) is 0 Å². The van der Waals surface area contributed by atoms with Gasteiger partial charge in [-0.2, -0.15) is 0 Å². The van der Waals surface area contributed by atoms with Crippen molar-refractivity contribution < 1.29 is 0 Å². The number of fused-ring (bicyclic) bond motifs is 1. The Bertz CT molecular complexity index is 526. The number of aromatic nitrogens is 2. The van der Waals surface area contributed by atoms with Gasteiger partial charge in [0, 0.05) is 12.2 Å². The van der Waals surface area contributed by atoms with E-state index >= 15 is 0 Å². The van der Waals surface area contributed by atoms with Crippen molar-refractivity contribution in [3.8, 4) is 0 Å². The monoisotopic (exact) mass is 240 g/mol. The Hall–Kier alpha value is -1.57. The highest BCUT2D eigenvalue weighted by atomic mass is 15.1. The number of rotatable bonds is 3. The molecule has 1 aliphatic carbocycles. The van der Waals surface area contributed by atoms with Gasteiger partial charge < -0.3 is 4.57 Å². The Morgan fingerprint density at radius 2 is 1.89 bits per heavy atom. The van der Waals surface area contributed by atoms with Gasteiger partial charge in [-0.05, 0) is 44.6 Å². The number of hydrogen-bond acceptors (Lipinski definition) is 1. The van der Waals surface area contributed by atoms with E-state index in [0.717, 1.165) is 13.0 Å². The first-order chi connectivity index (χ1) is 8.84. The molecule has 0 unspecified atom stereocenters. The van der Waals surface area contributed by atoms with Crippen molar-refractivity contribution in [2.24, 2.45) is 0 Å². The fourth-order valence-electron chi connectivity index (χ4n) is 2.92. The molecule has 1 aromatic carbocycles. The van der Waals surface area contributed by atoms with Gasteiger partial charge in [-0.25, -0.2) is 4.98 Å². The molecule has 2 nitrogen and oxygen atoms in total. The summed E-state index contributed by atoms with van der Waals surface area (Å²) in [5, 5.41) is 0. The van der Waals surface area contributed by atoms with Crippen LogP contribution in [0.3, 0.4) is 0 Å². The average Bonchev–Trinajstić information content (AvgIpc) is 2.73. The van der Waals surface area contributed by atoms with Crippen LogP contribution < -0.4 is 0 Å². The summed E-state index contributed by atoms with van der Waals surface area (Å²) in [6.45, 7) is 3.21. The average molecular weight is 240 g/mol. The lowest BCUT2D eigenvalue weighted by atomic mass is 10.0. The first kappa shape index (κ1) is 11.5. The predicted octanol–water partition coefficient (Wildman–Crippen LogP) is 3.31. The van der Waals surface area contributed by atoms with Gasteiger partial charge in [0.05, 0.1) is 5.69 Å². The van der Waals surface area contributed by atoms with Gasteiger partial charge in [-0.3, -0.25) is 0 Å². The highest BCUT2D eigenvalue weighted by molar-refractivity contribution is 5.21. The van der Waals surface area contributed by atoms with E-state index in [4.69, 9.17) is 4.98 Å². The second kappa shape index (κ2) is 4.97. The van der Waals surface area contributed by atoms with E-state index < -0.39 is 0 Å². The van der Waals surface area contributed by atoms with Crippen LogP contribution in [0, 0.1) is 6.92 Å². The topological polar surface area (TPSA) is 17.8 Å². The van der Waals surface area contributed by atoms with E-state index in [1.54, 1.807) is 0 Å². The summed E-state index contributed by atoms with van der Waals surface area (Å²) in [6, 6.07) is 10.7. The SMILES string of the molecule is Cc1nc2c(n1CCc1ccccc1)CCCC2. The normalized spacial score (nSPS) is 14.5. The molecule has 94 valence electrons. The quantitative estimate of drug-likeness (QED) is 0.804.